The van der Waals surface area contributed by atoms with Crippen molar-refractivity contribution < 1.29 is 13.6 Å². The lowest BCUT2D eigenvalue weighted by atomic mass is 9.77. The first kappa shape index (κ1) is 19.3. The number of nitrogen functional groups attached to an aromatic ring is 1. The molecule has 0 aliphatic carbocycles. The van der Waals surface area contributed by atoms with Gasteiger partial charge in [0.05, 0.1) is 10.9 Å². The predicted octanol–water partition coefficient (Wildman–Crippen LogP) is 2.02. The van der Waals surface area contributed by atoms with Crippen molar-refractivity contribution in [3.8, 4) is 0 Å². The van der Waals surface area contributed by atoms with Crippen LogP contribution in [0.15, 0.2) is 35.3 Å². The van der Waals surface area contributed by atoms with Crippen molar-refractivity contribution in [3.05, 3.63) is 46.3 Å². The number of guanidine groups is 1. The molecule has 1 amide bonds. The van der Waals surface area contributed by atoms with Gasteiger partial charge in [0.15, 0.2) is 5.96 Å². The van der Waals surface area contributed by atoms with Crippen molar-refractivity contribution in [2.45, 2.75) is 31.2 Å². The van der Waals surface area contributed by atoms with Gasteiger partial charge in [-0.1, -0.05) is 35.8 Å². The van der Waals surface area contributed by atoms with Gasteiger partial charge in [-0.15, -0.1) is 11.3 Å². The Bertz CT molecular complexity index is 903. The molecule has 1 aliphatic heterocycles. The molecule has 9 heteroatoms. The number of hydrogen-bond donors (Lipinski definition) is 2. The Hall–Kier alpha value is -2.42. The first-order valence-corrected chi connectivity index (χ1v) is 9.03. The smallest absolute Gasteiger partial charge is 0.270 e. The largest absolute Gasteiger partial charge is 0.391 e. The van der Waals surface area contributed by atoms with Crippen LogP contribution in [-0.2, 0) is 16.3 Å². The summed E-state index contributed by atoms with van der Waals surface area (Å²) >= 11 is 1.23. The molecule has 0 spiro atoms. The van der Waals surface area contributed by atoms with Gasteiger partial charge in [0.1, 0.15) is 13.4 Å². The van der Waals surface area contributed by atoms with Gasteiger partial charge in [-0.3, -0.25) is 9.69 Å². The van der Waals surface area contributed by atoms with Gasteiger partial charge < -0.3 is 11.5 Å². The van der Waals surface area contributed by atoms with Crippen LogP contribution < -0.4 is 16.9 Å². The number of nitrogens with two attached hydrogens (primary N) is 2. The number of thiophene rings is 1. The fourth-order valence-electron chi connectivity index (χ4n) is 3.23. The second-order valence-corrected chi connectivity index (χ2v) is 7.97. The third-order valence-electron chi connectivity index (χ3n) is 4.87. The van der Waals surface area contributed by atoms with Crippen LogP contribution in [0.25, 0.3) is 0 Å². The van der Waals surface area contributed by atoms with E-state index < -0.39 is 17.4 Å². The van der Waals surface area contributed by atoms with Crippen molar-refractivity contribution in [2.75, 3.05) is 12.8 Å². The highest BCUT2D eigenvalue weighted by Crippen LogP contribution is 2.46. The Kier molecular flexibility index (Phi) is 4.54. The fourth-order valence-corrected chi connectivity index (χ4v) is 4.20. The first-order chi connectivity index (χ1) is 12.4. The number of benzene rings is 1. The van der Waals surface area contributed by atoms with Crippen molar-refractivity contribution in [3.63, 3.8) is 0 Å². The van der Waals surface area contributed by atoms with Crippen molar-refractivity contribution in [1.82, 2.24) is 4.90 Å². The van der Waals surface area contributed by atoms with Gasteiger partial charge in [0.2, 0.25) is 5.91 Å². The molecule has 2 aromatic rings. The van der Waals surface area contributed by atoms with E-state index >= 15 is 0 Å². The Balaban J connectivity index is 2.16. The highest BCUT2D eigenvalue weighted by molar-refractivity contribution is 7.17. The number of hydrogen-bond acceptors (Lipinski definition) is 5. The lowest BCUT2D eigenvalue weighted by Gasteiger charge is -2.40. The zero-order valence-corrected chi connectivity index (χ0v) is 16.0. The number of carbonyl (C=O) groups is 1. The van der Waals surface area contributed by atoms with Gasteiger partial charge in [0.25, 0.3) is 5.92 Å². The van der Waals surface area contributed by atoms with Crippen LogP contribution in [0.5, 0.6) is 0 Å². The number of halogens is 2. The minimum Gasteiger partial charge on any atom is -0.391 e. The summed E-state index contributed by atoms with van der Waals surface area (Å²) in [6.07, 6.45) is 0. The number of carbonyl (C=O) groups excluding carboxylic acids is 1. The van der Waals surface area contributed by atoms with Crippen molar-refractivity contribution in [2.24, 2.45) is 10.7 Å². The molecule has 2 radical (unpaired) electrons. The molecule has 27 heavy (non-hydrogen) atoms. The molecule has 0 fully saturated rings. The summed E-state index contributed by atoms with van der Waals surface area (Å²) in [5.41, 5.74) is 11.6. The van der Waals surface area contributed by atoms with E-state index in [-0.39, 0.29) is 17.4 Å². The van der Waals surface area contributed by atoms with Gasteiger partial charge in [-0.05, 0) is 12.5 Å². The molecule has 5 nitrogen and oxygen atoms in total. The molecule has 0 saturated carbocycles. The standard InChI is InChI=1S/C18H19BF2N4OS/c1-17(12-8-11(19)14(22)27-12)13(15(26)25(3)16(23)24-17)9-4-6-10(7-5-9)18(2,20)21/h4-8,13H,22H2,1-3H3,(H2,23,24)/t13-,17+/m0/s1. The molecule has 1 aliphatic rings. The highest BCUT2D eigenvalue weighted by atomic mass is 32.1. The van der Waals surface area contributed by atoms with Crippen LogP contribution in [-0.4, -0.2) is 31.7 Å². The number of anilines is 1. The van der Waals surface area contributed by atoms with E-state index in [0.717, 1.165) is 6.92 Å². The van der Waals surface area contributed by atoms with E-state index in [4.69, 9.17) is 19.3 Å². The van der Waals surface area contributed by atoms with E-state index in [2.05, 4.69) is 4.99 Å². The monoisotopic (exact) mass is 388 g/mol. The topological polar surface area (TPSA) is 84.7 Å². The molecule has 3 rings (SSSR count). The van der Waals surface area contributed by atoms with E-state index in [0.29, 0.717) is 20.9 Å². The normalized spacial score (nSPS) is 23.4. The molecular formula is C18H19BF2N4OS. The predicted molar refractivity (Wildman–Crippen MR) is 105 cm³/mol. The van der Waals surface area contributed by atoms with E-state index in [1.54, 1.807) is 13.0 Å². The summed E-state index contributed by atoms with van der Waals surface area (Å²) < 4.78 is 27.1. The SMILES string of the molecule is [B]c1cc([C@@]2(C)N=C(N)N(C)C(=O)[C@@H]2c2ccc(C(C)(F)F)cc2)sc1N. The van der Waals surface area contributed by atoms with Crippen LogP contribution in [0.2, 0.25) is 0 Å². The van der Waals surface area contributed by atoms with Gasteiger partial charge in [0, 0.05) is 24.4 Å². The Labute approximate surface area is 161 Å². The number of likely N-dealkylation sites (N-methyl/N-ethyl adjacent to an activating group) is 1. The highest BCUT2D eigenvalue weighted by Gasteiger charge is 2.48. The molecular weight excluding hydrogens is 369 g/mol. The van der Waals surface area contributed by atoms with Crippen molar-refractivity contribution in [1.29, 1.82) is 0 Å². The summed E-state index contributed by atoms with van der Waals surface area (Å²) in [4.78, 5) is 19.5. The summed E-state index contributed by atoms with van der Waals surface area (Å²) in [6.45, 7) is 2.59. The molecule has 4 N–H and O–H groups in total. The van der Waals surface area contributed by atoms with Crippen LogP contribution in [0.4, 0.5) is 13.8 Å². The number of alkyl halides is 2. The van der Waals surface area contributed by atoms with E-state index in [1.165, 1.54) is 47.5 Å². The molecule has 0 bridgehead atoms. The van der Waals surface area contributed by atoms with Gasteiger partial charge in [-0.25, -0.2) is 13.8 Å². The van der Waals surface area contributed by atoms with Crippen LogP contribution in [0, 0.1) is 0 Å². The lowest BCUT2D eigenvalue weighted by molar-refractivity contribution is -0.130. The summed E-state index contributed by atoms with van der Waals surface area (Å²) in [5.74, 6) is -3.94. The maximum Gasteiger partial charge on any atom is 0.270 e. The lowest BCUT2D eigenvalue weighted by Crippen LogP contribution is -2.52. The van der Waals surface area contributed by atoms with Crippen LogP contribution in [0.1, 0.15) is 35.8 Å². The Morgan fingerprint density at radius 3 is 2.37 bits per heavy atom. The van der Waals surface area contributed by atoms with Crippen molar-refractivity contribution >= 4 is 41.5 Å². The average Bonchev–Trinajstić information content (AvgIpc) is 2.92. The van der Waals surface area contributed by atoms with Gasteiger partial charge in [-0.2, -0.15) is 0 Å². The third kappa shape index (κ3) is 3.20. The Morgan fingerprint density at radius 1 is 1.30 bits per heavy atom. The van der Waals surface area contributed by atoms with Gasteiger partial charge >= 0.3 is 0 Å². The number of aliphatic imine (C=N–C) groups is 1. The maximum absolute atomic E-state index is 13.5. The van der Waals surface area contributed by atoms with E-state index in [9.17, 15) is 13.6 Å². The molecule has 2 atom stereocenters. The molecule has 0 unspecified atom stereocenters. The molecule has 0 saturated heterocycles. The maximum atomic E-state index is 13.5. The minimum absolute atomic E-state index is 0.0704. The Morgan fingerprint density at radius 2 is 1.89 bits per heavy atom. The third-order valence-corrected chi connectivity index (χ3v) is 6.08. The minimum atomic E-state index is -2.96. The molecule has 1 aromatic heterocycles. The number of nitrogens with zero attached hydrogens (tertiary/aromatic N) is 2. The van der Waals surface area contributed by atoms with Crippen LogP contribution >= 0.6 is 11.3 Å². The molecule has 2 heterocycles. The zero-order valence-electron chi connectivity index (χ0n) is 15.2. The molecule has 1 aromatic carbocycles. The second kappa shape index (κ2) is 6.33. The first-order valence-electron chi connectivity index (χ1n) is 8.21. The summed E-state index contributed by atoms with van der Waals surface area (Å²) in [7, 11) is 7.41. The summed E-state index contributed by atoms with van der Waals surface area (Å²) in [5, 5.41) is 0.422. The fraction of sp³-hybridized carbons (Fsp3) is 0.333. The van der Waals surface area contributed by atoms with E-state index in [1.807, 2.05) is 0 Å². The molecule has 140 valence electrons. The quantitative estimate of drug-likeness (QED) is 0.790. The zero-order chi connectivity index (χ0) is 20.1. The number of rotatable bonds is 3. The second-order valence-electron chi connectivity index (χ2n) is 6.89. The number of amides is 1. The van der Waals surface area contributed by atoms with Crippen LogP contribution in [0.3, 0.4) is 0 Å². The average molecular weight is 388 g/mol. The summed E-state index contributed by atoms with van der Waals surface area (Å²) in [6, 6.07) is 7.37.